The zero-order valence-electron chi connectivity index (χ0n) is 13.6. The normalized spacial score (nSPS) is 16.1. The van der Waals surface area contributed by atoms with Gasteiger partial charge in [0, 0.05) is 17.8 Å². The van der Waals surface area contributed by atoms with Crippen LogP contribution in [-0.2, 0) is 4.79 Å². The van der Waals surface area contributed by atoms with Gasteiger partial charge in [-0.05, 0) is 38.8 Å². The Balaban J connectivity index is 1.95. The maximum Gasteiger partial charge on any atom is 0.242 e. The van der Waals surface area contributed by atoms with Crippen LogP contribution in [-0.4, -0.2) is 31.7 Å². The molecule has 1 amide bonds. The minimum absolute atomic E-state index is 0.0414. The van der Waals surface area contributed by atoms with Crippen molar-refractivity contribution in [2.24, 2.45) is 0 Å². The molecule has 0 spiro atoms. The second kappa shape index (κ2) is 7.92. The van der Waals surface area contributed by atoms with E-state index >= 15 is 0 Å². The number of rotatable bonds is 7. The van der Waals surface area contributed by atoms with E-state index in [1.165, 1.54) is 12.8 Å². The number of methoxy groups -OCH3 is 1. The van der Waals surface area contributed by atoms with E-state index in [-0.39, 0.29) is 11.9 Å². The van der Waals surface area contributed by atoms with Gasteiger partial charge in [0.05, 0.1) is 13.7 Å². The van der Waals surface area contributed by atoms with E-state index in [1.54, 1.807) is 7.11 Å². The summed E-state index contributed by atoms with van der Waals surface area (Å²) in [6, 6.07) is 5.65. The highest BCUT2D eigenvalue weighted by atomic mass is 16.5. The van der Waals surface area contributed by atoms with Gasteiger partial charge in [0.25, 0.3) is 0 Å². The smallest absolute Gasteiger partial charge is 0.242 e. The largest absolute Gasteiger partial charge is 0.493 e. The third-order valence-electron chi connectivity index (χ3n) is 3.94. The minimum Gasteiger partial charge on any atom is -0.493 e. The van der Waals surface area contributed by atoms with Crippen molar-refractivity contribution in [1.29, 1.82) is 0 Å². The number of nitrogens with one attached hydrogen (secondary N) is 2. The van der Waals surface area contributed by atoms with Gasteiger partial charge in [0.1, 0.15) is 6.04 Å². The maximum absolute atomic E-state index is 12.2. The Morgan fingerprint density at radius 3 is 2.68 bits per heavy atom. The summed E-state index contributed by atoms with van der Waals surface area (Å²) in [5, 5.41) is 6.31. The Hall–Kier alpha value is -1.91. The predicted octanol–water partition coefficient (Wildman–Crippen LogP) is 2.95. The standard InChI is InChI=1S/C17H26N2O3/c1-4-22-15-10-9-14(11-16(15)21-3)18-12(2)17(20)19-13-7-5-6-8-13/h9-13,18H,4-8H2,1-3H3,(H,19,20)/t12-/m0/s1. The highest BCUT2D eigenvalue weighted by molar-refractivity contribution is 5.84. The summed E-state index contributed by atoms with van der Waals surface area (Å²) >= 11 is 0. The molecule has 0 saturated heterocycles. The molecule has 0 aromatic heterocycles. The van der Waals surface area contributed by atoms with Crippen molar-refractivity contribution in [3.63, 3.8) is 0 Å². The predicted molar refractivity (Wildman–Crippen MR) is 87.6 cm³/mol. The molecule has 0 heterocycles. The molecule has 1 aliphatic rings. The van der Waals surface area contributed by atoms with Gasteiger partial charge in [0.15, 0.2) is 11.5 Å². The summed E-state index contributed by atoms with van der Waals surface area (Å²) in [6.07, 6.45) is 4.61. The van der Waals surface area contributed by atoms with Gasteiger partial charge in [-0.25, -0.2) is 0 Å². The second-order valence-corrected chi connectivity index (χ2v) is 5.65. The minimum atomic E-state index is -0.289. The fourth-order valence-corrected chi connectivity index (χ4v) is 2.74. The molecule has 1 aromatic carbocycles. The Morgan fingerprint density at radius 1 is 1.32 bits per heavy atom. The lowest BCUT2D eigenvalue weighted by molar-refractivity contribution is -0.122. The van der Waals surface area contributed by atoms with Crippen LogP contribution < -0.4 is 20.1 Å². The highest BCUT2D eigenvalue weighted by Gasteiger charge is 2.20. The van der Waals surface area contributed by atoms with Crippen LogP contribution in [0, 0.1) is 0 Å². The lowest BCUT2D eigenvalue weighted by Gasteiger charge is -2.19. The molecular formula is C17H26N2O3. The van der Waals surface area contributed by atoms with E-state index in [4.69, 9.17) is 9.47 Å². The second-order valence-electron chi connectivity index (χ2n) is 5.65. The zero-order chi connectivity index (χ0) is 15.9. The van der Waals surface area contributed by atoms with Crippen molar-refractivity contribution < 1.29 is 14.3 Å². The zero-order valence-corrected chi connectivity index (χ0v) is 13.6. The van der Waals surface area contributed by atoms with E-state index in [9.17, 15) is 4.79 Å². The van der Waals surface area contributed by atoms with Gasteiger partial charge < -0.3 is 20.1 Å². The monoisotopic (exact) mass is 306 g/mol. The van der Waals surface area contributed by atoms with Crippen molar-refractivity contribution >= 4 is 11.6 Å². The quantitative estimate of drug-likeness (QED) is 0.813. The molecule has 0 aliphatic heterocycles. The molecule has 1 aliphatic carbocycles. The molecule has 1 fully saturated rings. The van der Waals surface area contributed by atoms with Crippen LogP contribution in [0.5, 0.6) is 11.5 Å². The van der Waals surface area contributed by atoms with Gasteiger partial charge in [-0.1, -0.05) is 12.8 Å². The van der Waals surface area contributed by atoms with E-state index in [1.807, 2.05) is 32.0 Å². The van der Waals surface area contributed by atoms with Gasteiger partial charge >= 0.3 is 0 Å². The molecule has 2 rings (SSSR count). The van der Waals surface area contributed by atoms with Crippen LogP contribution in [0.2, 0.25) is 0 Å². The molecule has 1 saturated carbocycles. The number of anilines is 1. The molecule has 0 bridgehead atoms. The third-order valence-corrected chi connectivity index (χ3v) is 3.94. The Morgan fingerprint density at radius 2 is 2.05 bits per heavy atom. The van der Waals surface area contributed by atoms with Crippen molar-refractivity contribution in [1.82, 2.24) is 5.32 Å². The van der Waals surface area contributed by atoms with Gasteiger partial charge in [-0.2, -0.15) is 0 Å². The van der Waals surface area contributed by atoms with E-state index in [0.29, 0.717) is 24.1 Å². The first kappa shape index (κ1) is 16.5. The summed E-state index contributed by atoms with van der Waals surface area (Å²) < 4.78 is 10.8. The Bertz CT molecular complexity index is 499. The fraction of sp³-hybridized carbons (Fsp3) is 0.588. The number of benzene rings is 1. The topological polar surface area (TPSA) is 59.6 Å². The van der Waals surface area contributed by atoms with Crippen LogP contribution in [0.25, 0.3) is 0 Å². The molecule has 22 heavy (non-hydrogen) atoms. The first-order valence-corrected chi connectivity index (χ1v) is 8.01. The molecule has 2 N–H and O–H groups in total. The molecule has 122 valence electrons. The average molecular weight is 306 g/mol. The number of hydrogen-bond donors (Lipinski definition) is 2. The van der Waals surface area contributed by atoms with Crippen molar-refractivity contribution in [3.05, 3.63) is 18.2 Å². The van der Waals surface area contributed by atoms with Crippen LogP contribution >= 0.6 is 0 Å². The number of carbonyl (C=O) groups is 1. The lowest BCUT2D eigenvalue weighted by Crippen LogP contribution is -2.42. The summed E-state index contributed by atoms with van der Waals surface area (Å²) in [4.78, 5) is 12.2. The summed E-state index contributed by atoms with van der Waals surface area (Å²) in [7, 11) is 1.61. The summed E-state index contributed by atoms with van der Waals surface area (Å²) in [6.45, 7) is 4.39. The highest BCUT2D eigenvalue weighted by Crippen LogP contribution is 2.30. The van der Waals surface area contributed by atoms with Gasteiger partial charge in [0.2, 0.25) is 5.91 Å². The van der Waals surface area contributed by atoms with Gasteiger partial charge in [-0.15, -0.1) is 0 Å². The summed E-state index contributed by atoms with van der Waals surface area (Å²) in [5.74, 6) is 1.41. The maximum atomic E-state index is 12.2. The average Bonchev–Trinajstić information content (AvgIpc) is 3.01. The number of amides is 1. The SMILES string of the molecule is CCOc1ccc(N[C@@H](C)C(=O)NC2CCCC2)cc1OC. The van der Waals surface area contributed by atoms with Gasteiger partial charge in [-0.3, -0.25) is 4.79 Å². The molecule has 5 heteroatoms. The molecule has 5 nitrogen and oxygen atoms in total. The van der Waals surface area contributed by atoms with Crippen molar-refractivity contribution in [2.75, 3.05) is 19.0 Å². The van der Waals surface area contributed by atoms with Crippen LogP contribution in [0.15, 0.2) is 18.2 Å². The van der Waals surface area contributed by atoms with E-state index in [0.717, 1.165) is 18.5 Å². The van der Waals surface area contributed by atoms with E-state index < -0.39 is 0 Å². The molecule has 1 aromatic rings. The Labute approximate surface area is 132 Å². The summed E-state index contributed by atoms with van der Waals surface area (Å²) in [5.41, 5.74) is 0.842. The fourth-order valence-electron chi connectivity index (χ4n) is 2.74. The first-order valence-electron chi connectivity index (χ1n) is 8.01. The van der Waals surface area contributed by atoms with Crippen molar-refractivity contribution in [2.45, 2.75) is 51.6 Å². The molecule has 0 unspecified atom stereocenters. The van der Waals surface area contributed by atoms with Crippen molar-refractivity contribution in [3.8, 4) is 11.5 Å². The molecule has 0 radical (unpaired) electrons. The third kappa shape index (κ3) is 4.29. The molecular weight excluding hydrogens is 280 g/mol. The lowest BCUT2D eigenvalue weighted by atomic mass is 10.2. The number of ether oxygens (including phenoxy) is 2. The van der Waals surface area contributed by atoms with Crippen LogP contribution in [0.1, 0.15) is 39.5 Å². The Kier molecular flexibility index (Phi) is 5.92. The number of carbonyl (C=O) groups excluding carboxylic acids is 1. The molecule has 1 atom stereocenters. The van der Waals surface area contributed by atoms with Crippen LogP contribution in [0.3, 0.4) is 0 Å². The van der Waals surface area contributed by atoms with E-state index in [2.05, 4.69) is 10.6 Å². The first-order chi connectivity index (χ1) is 10.6. The van der Waals surface area contributed by atoms with Crippen LogP contribution in [0.4, 0.5) is 5.69 Å². The number of hydrogen-bond acceptors (Lipinski definition) is 4.